The predicted octanol–water partition coefficient (Wildman–Crippen LogP) is 3.34. The number of hydrogen-bond donors (Lipinski definition) is 2. The van der Waals surface area contributed by atoms with E-state index in [0.29, 0.717) is 18.1 Å². The molecule has 0 rings (SSSR count). The van der Waals surface area contributed by atoms with Crippen molar-refractivity contribution in [3.63, 3.8) is 0 Å². The second-order valence-electron chi connectivity index (χ2n) is 5.62. The van der Waals surface area contributed by atoms with Gasteiger partial charge in [-0.25, -0.2) is 0 Å². The summed E-state index contributed by atoms with van der Waals surface area (Å²) in [5.41, 5.74) is 0.308. The Morgan fingerprint density at radius 1 is 1.19 bits per heavy atom. The van der Waals surface area contributed by atoms with Crippen LogP contribution in [0.1, 0.15) is 66.2 Å². The molecular weight excluding hydrogens is 198 g/mol. The quantitative estimate of drug-likeness (QED) is 0.602. The molecule has 0 heterocycles. The molecule has 0 saturated carbocycles. The molecule has 0 spiro atoms. The molecule has 2 N–H and O–H groups in total. The van der Waals surface area contributed by atoms with Crippen LogP contribution in [0.4, 0.5) is 0 Å². The zero-order chi connectivity index (χ0) is 12.4. The summed E-state index contributed by atoms with van der Waals surface area (Å²) >= 11 is 0. The molecule has 0 aromatic heterocycles. The van der Waals surface area contributed by atoms with Crippen molar-refractivity contribution >= 4 is 0 Å². The molecular formula is C14H31NO. The van der Waals surface area contributed by atoms with Crippen LogP contribution in [0.3, 0.4) is 0 Å². The molecule has 1 atom stereocenters. The van der Waals surface area contributed by atoms with Gasteiger partial charge in [0.15, 0.2) is 0 Å². The van der Waals surface area contributed by atoms with Gasteiger partial charge in [-0.15, -0.1) is 0 Å². The number of unbranched alkanes of at least 4 members (excludes halogenated alkanes) is 1. The Kier molecular flexibility index (Phi) is 8.96. The molecule has 98 valence electrons. The minimum atomic E-state index is 0.308. The largest absolute Gasteiger partial charge is 0.396 e. The van der Waals surface area contributed by atoms with Crippen molar-refractivity contribution in [2.45, 2.75) is 72.3 Å². The second-order valence-corrected chi connectivity index (χ2v) is 5.62. The van der Waals surface area contributed by atoms with Gasteiger partial charge in [0.25, 0.3) is 0 Å². The van der Waals surface area contributed by atoms with Crippen LogP contribution in [-0.4, -0.2) is 24.3 Å². The molecule has 1 unspecified atom stereocenters. The van der Waals surface area contributed by atoms with Crippen molar-refractivity contribution in [2.24, 2.45) is 5.41 Å². The standard InChI is InChI=1S/C14H31NO/c1-5-7-9-13(6-2)15-12-14(3,4)10-8-11-16/h13,15-16H,5-12H2,1-4H3. The minimum absolute atomic E-state index is 0.308. The van der Waals surface area contributed by atoms with E-state index in [1.165, 1.54) is 25.7 Å². The van der Waals surface area contributed by atoms with Crippen LogP contribution in [0.15, 0.2) is 0 Å². The molecule has 0 radical (unpaired) electrons. The van der Waals surface area contributed by atoms with E-state index in [1.807, 2.05) is 0 Å². The summed E-state index contributed by atoms with van der Waals surface area (Å²) < 4.78 is 0. The third kappa shape index (κ3) is 8.12. The van der Waals surface area contributed by atoms with Crippen molar-refractivity contribution in [3.05, 3.63) is 0 Å². The number of rotatable bonds is 10. The van der Waals surface area contributed by atoms with Crippen molar-refractivity contribution in [1.29, 1.82) is 0 Å². The van der Waals surface area contributed by atoms with E-state index in [4.69, 9.17) is 5.11 Å². The molecule has 0 aromatic rings. The van der Waals surface area contributed by atoms with Crippen LogP contribution in [0.5, 0.6) is 0 Å². The van der Waals surface area contributed by atoms with Crippen molar-refractivity contribution in [3.8, 4) is 0 Å². The third-order valence-electron chi connectivity index (χ3n) is 3.28. The highest BCUT2D eigenvalue weighted by molar-refractivity contribution is 4.75. The number of nitrogens with one attached hydrogen (secondary N) is 1. The highest BCUT2D eigenvalue weighted by Crippen LogP contribution is 2.21. The fourth-order valence-electron chi connectivity index (χ4n) is 1.97. The normalized spacial score (nSPS) is 14.1. The lowest BCUT2D eigenvalue weighted by molar-refractivity contribution is 0.229. The van der Waals surface area contributed by atoms with Gasteiger partial charge in [0.1, 0.15) is 0 Å². The summed E-state index contributed by atoms with van der Waals surface area (Å²) in [4.78, 5) is 0. The van der Waals surface area contributed by atoms with Gasteiger partial charge in [-0.2, -0.15) is 0 Å². The van der Waals surface area contributed by atoms with E-state index in [2.05, 4.69) is 33.0 Å². The number of hydrogen-bond acceptors (Lipinski definition) is 2. The summed E-state index contributed by atoms with van der Waals surface area (Å²) in [6.45, 7) is 10.4. The van der Waals surface area contributed by atoms with Crippen molar-refractivity contribution in [1.82, 2.24) is 5.32 Å². The van der Waals surface area contributed by atoms with Gasteiger partial charge in [0.2, 0.25) is 0 Å². The van der Waals surface area contributed by atoms with Gasteiger partial charge in [-0.05, 0) is 31.1 Å². The first-order valence-corrected chi connectivity index (χ1v) is 6.90. The lowest BCUT2D eigenvalue weighted by Crippen LogP contribution is -2.36. The van der Waals surface area contributed by atoms with Crippen molar-refractivity contribution in [2.75, 3.05) is 13.2 Å². The minimum Gasteiger partial charge on any atom is -0.396 e. The predicted molar refractivity (Wildman–Crippen MR) is 71.7 cm³/mol. The summed E-state index contributed by atoms with van der Waals surface area (Å²) in [7, 11) is 0. The maximum absolute atomic E-state index is 8.85. The molecule has 0 aromatic carbocycles. The highest BCUT2D eigenvalue weighted by atomic mass is 16.2. The fraction of sp³-hybridized carbons (Fsp3) is 1.00. The Labute approximate surface area is 102 Å². The SMILES string of the molecule is CCCCC(CC)NCC(C)(C)CCCO. The van der Waals surface area contributed by atoms with Gasteiger partial charge in [0, 0.05) is 19.2 Å². The average Bonchev–Trinajstić information content (AvgIpc) is 2.27. The Bertz CT molecular complexity index is 157. The first-order chi connectivity index (χ1) is 7.55. The molecule has 2 heteroatoms. The van der Waals surface area contributed by atoms with E-state index in [1.54, 1.807) is 0 Å². The summed E-state index contributed by atoms with van der Waals surface area (Å²) in [5.74, 6) is 0. The Hall–Kier alpha value is -0.0800. The molecule has 0 amide bonds. The second kappa shape index (κ2) is 9.00. The molecule has 0 aliphatic rings. The van der Waals surface area contributed by atoms with E-state index in [-0.39, 0.29) is 0 Å². The summed E-state index contributed by atoms with van der Waals surface area (Å²) in [5, 5.41) is 12.5. The van der Waals surface area contributed by atoms with Crippen LogP contribution in [0, 0.1) is 5.41 Å². The van der Waals surface area contributed by atoms with Gasteiger partial charge >= 0.3 is 0 Å². The van der Waals surface area contributed by atoms with Gasteiger partial charge < -0.3 is 10.4 Å². The molecule has 0 saturated heterocycles. The van der Waals surface area contributed by atoms with Gasteiger partial charge in [0.05, 0.1) is 0 Å². The number of aliphatic hydroxyl groups excluding tert-OH is 1. The summed E-state index contributed by atoms with van der Waals surface area (Å²) in [6, 6.07) is 0.674. The molecule has 16 heavy (non-hydrogen) atoms. The number of aliphatic hydroxyl groups is 1. The Morgan fingerprint density at radius 2 is 1.88 bits per heavy atom. The maximum Gasteiger partial charge on any atom is 0.0431 e. The summed E-state index contributed by atoms with van der Waals surface area (Å²) in [6.07, 6.45) is 7.13. The molecule has 0 fully saturated rings. The van der Waals surface area contributed by atoms with Crippen LogP contribution < -0.4 is 5.32 Å². The van der Waals surface area contributed by atoms with E-state index >= 15 is 0 Å². The molecule has 0 aliphatic heterocycles. The third-order valence-corrected chi connectivity index (χ3v) is 3.28. The Morgan fingerprint density at radius 3 is 2.38 bits per heavy atom. The van der Waals surface area contributed by atoms with Crippen LogP contribution >= 0.6 is 0 Å². The zero-order valence-corrected chi connectivity index (χ0v) is 11.7. The van der Waals surface area contributed by atoms with Crippen LogP contribution in [-0.2, 0) is 0 Å². The highest BCUT2D eigenvalue weighted by Gasteiger charge is 2.18. The first kappa shape index (κ1) is 15.9. The zero-order valence-electron chi connectivity index (χ0n) is 11.7. The van der Waals surface area contributed by atoms with E-state index in [9.17, 15) is 0 Å². The molecule has 0 aliphatic carbocycles. The topological polar surface area (TPSA) is 32.3 Å². The molecule has 0 bridgehead atoms. The Balaban J connectivity index is 3.80. The fourth-order valence-corrected chi connectivity index (χ4v) is 1.97. The van der Waals surface area contributed by atoms with Gasteiger partial charge in [-0.1, -0.05) is 40.5 Å². The van der Waals surface area contributed by atoms with E-state index < -0.39 is 0 Å². The maximum atomic E-state index is 8.85. The molecule has 2 nitrogen and oxygen atoms in total. The average molecular weight is 229 g/mol. The lowest BCUT2D eigenvalue weighted by Gasteiger charge is -2.28. The van der Waals surface area contributed by atoms with E-state index in [0.717, 1.165) is 19.4 Å². The van der Waals surface area contributed by atoms with Crippen molar-refractivity contribution < 1.29 is 5.11 Å². The monoisotopic (exact) mass is 229 g/mol. The van der Waals surface area contributed by atoms with Crippen LogP contribution in [0.25, 0.3) is 0 Å². The van der Waals surface area contributed by atoms with Gasteiger partial charge in [-0.3, -0.25) is 0 Å². The first-order valence-electron chi connectivity index (χ1n) is 6.90. The lowest BCUT2D eigenvalue weighted by atomic mass is 9.87. The smallest absolute Gasteiger partial charge is 0.0431 e. The van der Waals surface area contributed by atoms with Crippen LogP contribution in [0.2, 0.25) is 0 Å².